The van der Waals surface area contributed by atoms with Crippen LogP contribution in [0.25, 0.3) is 0 Å². The van der Waals surface area contributed by atoms with Gasteiger partial charge >= 0.3 is 0 Å². The van der Waals surface area contributed by atoms with Gasteiger partial charge in [0.05, 0.1) is 47.4 Å². The van der Waals surface area contributed by atoms with Crippen molar-refractivity contribution in [1.82, 2.24) is 4.90 Å². The highest BCUT2D eigenvalue weighted by Crippen LogP contribution is 2.58. The summed E-state index contributed by atoms with van der Waals surface area (Å²) in [5, 5.41) is 10.8. The van der Waals surface area contributed by atoms with E-state index in [9.17, 15) is 19.5 Å². The maximum Gasteiger partial charge on any atom is 0.253 e. The van der Waals surface area contributed by atoms with Crippen LogP contribution < -0.4 is 14.5 Å². The second-order valence-corrected chi connectivity index (χ2v) is 12.0. The van der Waals surface area contributed by atoms with Gasteiger partial charge in [-0.25, -0.2) is 0 Å². The monoisotopic (exact) mass is 605 g/mol. The Kier molecular flexibility index (Phi) is 7.61. The SMILES string of the molecule is CCOc1ccc(N2CC=C[C@@]3(C)O[C@]45C=CCN(c6ccccc6Cl)C(=O)C4N([C@@H](CC)CO)C(=O)[C@@H]5[C@H]3C2=O)cc1. The number of aliphatic hydroxyl groups is 1. The summed E-state index contributed by atoms with van der Waals surface area (Å²) < 4.78 is 12.5. The van der Waals surface area contributed by atoms with Gasteiger partial charge in [0.1, 0.15) is 17.4 Å². The fourth-order valence-electron chi connectivity index (χ4n) is 7.28. The number of halogens is 1. The lowest BCUT2D eigenvalue weighted by Gasteiger charge is -2.40. The summed E-state index contributed by atoms with van der Waals surface area (Å²) in [5.74, 6) is -2.23. The number of carbonyl (C=O) groups excluding carboxylic acids is 3. The van der Waals surface area contributed by atoms with Crippen molar-refractivity contribution < 1.29 is 29.0 Å². The smallest absolute Gasteiger partial charge is 0.253 e. The molecule has 2 aromatic rings. The molecule has 226 valence electrons. The van der Waals surface area contributed by atoms with Crippen molar-refractivity contribution in [2.75, 3.05) is 36.1 Å². The molecule has 0 aromatic heterocycles. The van der Waals surface area contributed by atoms with Crippen LogP contribution in [0, 0.1) is 11.8 Å². The van der Waals surface area contributed by atoms with Crippen LogP contribution in [0.1, 0.15) is 27.2 Å². The van der Waals surface area contributed by atoms with Gasteiger partial charge in [-0.3, -0.25) is 14.4 Å². The third-order valence-electron chi connectivity index (χ3n) is 9.17. The topological polar surface area (TPSA) is 99.6 Å². The molecule has 2 fully saturated rings. The second-order valence-electron chi connectivity index (χ2n) is 11.6. The molecular formula is C33H36ClN3O6. The summed E-state index contributed by atoms with van der Waals surface area (Å²) in [7, 11) is 0. The molecule has 43 heavy (non-hydrogen) atoms. The number of rotatable bonds is 7. The number of hydrogen-bond donors (Lipinski definition) is 1. The van der Waals surface area contributed by atoms with Gasteiger partial charge in [0, 0.05) is 18.8 Å². The summed E-state index contributed by atoms with van der Waals surface area (Å²) in [4.78, 5) is 48.4. The molecular weight excluding hydrogens is 570 g/mol. The third kappa shape index (κ3) is 4.48. The highest BCUT2D eigenvalue weighted by molar-refractivity contribution is 6.34. The number of ether oxygens (including phenoxy) is 2. The van der Waals surface area contributed by atoms with Crippen molar-refractivity contribution in [2.24, 2.45) is 11.8 Å². The summed E-state index contributed by atoms with van der Waals surface area (Å²) in [5.41, 5.74) is -1.41. The van der Waals surface area contributed by atoms with Crippen molar-refractivity contribution in [3.05, 3.63) is 77.9 Å². The van der Waals surface area contributed by atoms with Crippen LogP contribution >= 0.6 is 11.6 Å². The van der Waals surface area contributed by atoms with Crippen LogP contribution in [0.4, 0.5) is 11.4 Å². The Hall–Kier alpha value is -3.66. The quantitative estimate of drug-likeness (QED) is 0.479. The highest BCUT2D eigenvalue weighted by atomic mass is 35.5. The Labute approximate surface area is 256 Å². The molecule has 4 aliphatic heterocycles. The Bertz CT molecular complexity index is 1490. The highest BCUT2D eigenvalue weighted by Gasteiger charge is 2.75. The lowest BCUT2D eigenvalue weighted by Crippen LogP contribution is -2.58. The number of fused-ring (bicyclic) bond motifs is 2. The zero-order valence-corrected chi connectivity index (χ0v) is 25.2. The average molecular weight is 606 g/mol. The molecule has 1 N–H and O–H groups in total. The average Bonchev–Trinajstić information content (AvgIpc) is 3.27. The molecule has 0 bridgehead atoms. The number of amides is 3. The number of hydrogen-bond acceptors (Lipinski definition) is 6. The fraction of sp³-hybridized carbons (Fsp3) is 0.424. The Morgan fingerprint density at radius 1 is 0.953 bits per heavy atom. The predicted molar refractivity (Wildman–Crippen MR) is 163 cm³/mol. The minimum atomic E-state index is -1.44. The first-order valence-electron chi connectivity index (χ1n) is 14.8. The van der Waals surface area contributed by atoms with Crippen molar-refractivity contribution >= 4 is 40.7 Å². The molecule has 9 nitrogen and oxygen atoms in total. The van der Waals surface area contributed by atoms with Crippen molar-refractivity contribution in [3.8, 4) is 5.75 Å². The normalized spacial score (nSPS) is 30.6. The van der Waals surface area contributed by atoms with Gasteiger partial charge in [-0.1, -0.05) is 55.0 Å². The van der Waals surface area contributed by atoms with Gasteiger partial charge in [-0.05, 0) is 56.7 Å². The van der Waals surface area contributed by atoms with Crippen LogP contribution in [-0.2, 0) is 19.1 Å². The van der Waals surface area contributed by atoms with Crippen LogP contribution in [0.3, 0.4) is 0 Å². The van der Waals surface area contributed by atoms with Gasteiger partial charge in [-0.15, -0.1) is 0 Å². The molecule has 2 aromatic carbocycles. The Morgan fingerprint density at radius 3 is 2.33 bits per heavy atom. The molecule has 2 saturated heterocycles. The molecule has 6 rings (SSSR count). The largest absolute Gasteiger partial charge is 0.494 e. The Morgan fingerprint density at radius 2 is 1.65 bits per heavy atom. The van der Waals surface area contributed by atoms with Crippen LogP contribution in [0.15, 0.2) is 72.8 Å². The maximum atomic E-state index is 14.6. The first kappa shape index (κ1) is 29.4. The van der Waals surface area contributed by atoms with E-state index >= 15 is 0 Å². The number of nitrogens with zero attached hydrogens (tertiary/aromatic N) is 3. The molecule has 3 amide bonds. The number of likely N-dealkylation sites (tertiary alicyclic amines) is 1. The predicted octanol–water partition coefficient (Wildman–Crippen LogP) is 3.99. The Balaban J connectivity index is 1.46. The third-order valence-corrected chi connectivity index (χ3v) is 9.49. The van der Waals surface area contributed by atoms with Gasteiger partial charge in [0.15, 0.2) is 0 Å². The van der Waals surface area contributed by atoms with Crippen molar-refractivity contribution in [1.29, 1.82) is 0 Å². The van der Waals surface area contributed by atoms with Gasteiger partial charge in [0.2, 0.25) is 11.8 Å². The van der Waals surface area contributed by atoms with Crippen molar-refractivity contribution in [2.45, 2.75) is 50.5 Å². The molecule has 0 radical (unpaired) electrons. The molecule has 6 atom stereocenters. The number of anilines is 2. The van der Waals surface area contributed by atoms with E-state index in [4.69, 9.17) is 21.1 Å². The minimum absolute atomic E-state index is 0.207. The first-order chi connectivity index (χ1) is 20.7. The maximum absolute atomic E-state index is 14.6. The molecule has 0 saturated carbocycles. The van der Waals surface area contributed by atoms with E-state index < -0.39 is 35.1 Å². The summed E-state index contributed by atoms with van der Waals surface area (Å²) in [6.07, 6.45) is 7.76. The van der Waals surface area contributed by atoms with E-state index in [1.165, 1.54) is 4.90 Å². The van der Waals surface area contributed by atoms with Crippen molar-refractivity contribution in [3.63, 3.8) is 0 Å². The van der Waals surface area contributed by atoms with E-state index in [0.717, 1.165) is 0 Å². The second kappa shape index (κ2) is 11.1. The number of benzene rings is 2. The van der Waals surface area contributed by atoms with Gasteiger partial charge in [0.25, 0.3) is 5.91 Å². The van der Waals surface area contributed by atoms with E-state index in [0.29, 0.717) is 41.7 Å². The first-order valence-corrected chi connectivity index (χ1v) is 15.2. The standard InChI is InChI=1S/C33H36ClN3O6/c1-4-21(20-38)37-28-31(41)36(25-11-7-6-10-24(25)34)19-9-17-33(28)27(30(37)40)26-29(39)35(18-8-16-32(26,3)43-33)22-12-14-23(15-13-22)42-5-2/h6-17,21,26-28,38H,4-5,18-20H2,1-3H3/t21-,26-,27-,28?,32+,33-/m0/s1. The summed E-state index contributed by atoms with van der Waals surface area (Å²) in [6, 6.07) is 12.6. The minimum Gasteiger partial charge on any atom is -0.494 e. The van der Waals surface area contributed by atoms with E-state index in [1.54, 1.807) is 40.1 Å². The molecule has 1 spiro atoms. The lowest BCUT2D eigenvalue weighted by atomic mass is 9.74. The molecule has 4 heterocycles. The zero-order chi connectivity index (χ0) is 30.5. The summed E-state index contributed by atoms with van der Waals surface area (Å²) in [6.45, 7) is 6.27. The van der Waals surface area contributed by atoms with E-state index in [-0.39, 0.29) is 30.9 Å². The molecule has 1 unspecified atom stereocenters. The van der Waals surface area contributed by atoms with E-state index in [1.807, 2.05) is 63.3 Å². The van der Waals surface area contributed by atoms with Crippen LogP contribution in [-0.4, -0.2) is 77.3 Å². The summed E-state index contributed by atoms with van der Waals surface area (Å²) >= 11 is 6.53. The molecule has 0 aliphatic carbocycles. The zero-order valence-electron chi connectivity index (χ0n) is 24.5. The fourth-order valence-corrected chi connectivity index (χ4v) is 7.51. The number of para-hydroxylation sites is 1. The van der Waals surface area contributed by atoms with E-state index in [2.05, 4.69) is 0 Å². The van der Waals surface area contributed by atoms with Gasteiger partial charge < -0.3 is 29.3 Å². The van der Waals surface area contributed by atoms with Crippen LogP contribution in [0.2, 0.25) is 5.02 Å². The molecule has 4 aliphatic rings. The van der Waals surface area contributed by atoms with Crippen LogP contribution in [0.5, 0.6) is 5.75 Å². The molecule has 10 heteroatoms. The van der Waals surface area contributed by atoms with Gasteiger partial charge in [-0.2, -0.15) is 0 Å². The number of aliphatic hydroxyl groups excluding tert-OH is 1. The lowest BCUT2D eigenvalue weighted by molar-refractivity contribution is -0.148. The number of carbonyl (C=O) groups is 3.